The van der Waals surface area contributed by atoms with Crippen LogP contribution in [0.25, 0.3) is 0 Å². The summed E-state index contributed by atoms with van der Waals surface area (Å²) in [6.45, 7) is 0.947. The molecule has 1 N–H and O–H groups in total. The lowest BCUT2D eigenvalue weighted by Crippen LogP contribution is -2.51. The van der Waals surface area contributed by atoms with E-state index in [1.165, 1.54) is 19.3 Å². The number of hydrogen-bond donors (Lipinski definition) is 1. The lowest BCUT2D eigenvalue weighted by molar-refractivity contribution is -0.125. The number of carbonyl (C=O) groups excluding carboxylic acids is 2. The van der Waals surface area contributed by atoms with Crippen molar-refractivity contribution in [2.75, 3.05) is 26.0 Å². The fourth-order valence-electron chi connectivity index (χ4n) is 3.89. The molecule has 0 aromatic heterocycles. The number of carbonyl (C=O) groups is 2. The van der Waals surface area contributed by atoms with E-state index in [2.05, 4.69) is 5.32 Å². The first kappa shape index (κ1) is 19.2. The molecule has 6 heteroatoms. The third-order valence-electron chi connectivity index (χ3n) is 5.25. The summed E-state index contributed by atoms with van der Waals surface area (Å²) < 4.78 is 5.01. The van der Waals surface area contributed by atoms with Crippen LogP contribution in [-0.4, -0.2) is 54.1 Å². The Kier molecular flexibility index (Phi) is 6.97. The summed E-state index contributed by atoms with van der Waals surface area (Å²) in [5.41, 5.74) is 0.658. The molecule has 2 atom stereocenters. The van der Waals surface area contributed by atoms with E-state index in [9.17, 15) is 9.59 Å². The summed E-state index contributed by atoms with van der Waals surface area (Å²) in [7, 11) is 1.61. The monoisotopic (exact) mass is 376 g/mol. The molecule has 3 rings (SSSR count). The minimum Gasteiger partial charge on any atom is -0.383 e. The fourth-order valence-corrected chi connectivity index (χ4v) is 5.53. The zero-order valence-electron chi connectivity index (χ0n) is 15.4. The van der Waals surface area contributed by atoms with Gasteiger partial charge in [-0.05, 0) is 30.9 Å². The molecule has 2 aliphatic rings. The molecule has 1 aromatic carbocycles. The Bertz CT molecular complexity index is 604. The van der Waals surface area contributed by atoms with Crippen LogP contribution in [0, 0.1) is 5.92 Å². The zero-order chi connectivity index (χ0) is 18.4. The molecule has 26 heavy (non-hydrogen) atoms. The number of rotatable bonds is 6. The average molecular weight is 377 g/mol. The van der Waals surface area contributed by atoms with Crippen LogP contribution >= 0.6 is 11.8 Å². The predicted molar refractivity (Wildman–Crippen MR) is 104 cm³/mol. The van der Waals surface area contributed by atoms with Crippen molar-refractivity contribution in [2.45, 2.75) is 43.5 Å². The smallest absolute Gasteiger partial charge is 0.255 e. The Balaban J connectivity index is 1.79. The van der Waals surface area contributed by atoms with Crippen molar-refractivity contribution in [2.24, 2.45) is 5.92 Å². The summed E-state index contributed by atoms with van der Waals surface area (Å²) in [6.07, 6.45) is 6.02. The summed E-state index contributed by atoms with van der Waals surface area (Å²) in [4.78, 5) is 27.8. The van der Waals surface area contributed by atoms with Gasteiger partial charge in [0.2, 0.25) is 5.91 Å². The minimum absolute atomic E-state index is 0.0296. The first-order valence-corrected chi connectivity index (χ1v) is 10.5. The molecule has 0 radical (unpaired) electrons. The number of hydrogen-bond acceptors (Lipinski definition) is 4. The Morgan fingerprint density at radius 3 is 2.62 bits per heavy atom. The van der Waals surface area contributed by atoms with Crippen LogP contribution in [-0.2, 0) is 9.53 Å². The van der Waals surface area contributed by atoms with Gasteiger partial charge in [-0.15, -0.1) is 11.8 Å². The number of ether oxygens (including phenoxy) is 1. The van der Waals surface area contributed by atoms with Crippen molar-refractivity contribution >= 4 is 23.6 Å². The van der Waals surface area contributed by atoms with Crippen LogP contribution < -0.4 is 5.32 Å². The van der Waals surface area contributed by atoms with E-state index in [1.54, 1.807) is 18.9 Å². The van der Waals surface area contributed by atoms with Gasteiger partial charge in [0.1, 0.15) is 6.04 Å². The second-order valence-corrected chi connectivity index (χ2v) is 8.15. The lowest BCUT2D eigenvalue weighted by Gasteiger charge is -2.35. The van der Waals surface area contributed by atoms with Gasteiger partial charge in [0.15, 0.2) is 0 Å². The molecule has 142 valence electrons. The van der Waals surface area contributed by atoms with E-state index in [-0.39, 0.29) is 17.2 Å². The first-order chi connectivity index (χ1) is 12.7. The van der Waals surface area contributed by atoms with E-state index in [4.69, 9.17) is 4.74 Å². The molecule has 0 spiro atoms. The molecule has 1 aliphatic carbocycles. The van der Waals surface area contributed by atoms with E-state index < -0.39 is 6.04 Å². The Hall–Kier alpha value is -1.53. The summed E-state index contributed by atoms with van der Waals surface area (Å²) >= 11 is 1.77. The molecule has 5 nitrogen and oxygen atoms in total. The zero-order valence-corrected chi connectivity index (χ0v) is 16.2. The van der Waals surface area contributed by atoms with Gasteiger partial charge in [-0.2, -0.15) is 0 Å². The topological polar surface area (TPSA) is 58.6 Å². The fraction of sp³-hybridized carbons (Fsp3) is 0.600. The molecule has 2 amide bonds. The normalized spacial score (nSPS) is 23.8. The molecule has 2 fully saturated rings. The van der Waals surface area contributed by atoms with E-state index in [1.807, 2.05) is 35.2 Å². The minimum atomic E-state index is -0.406. The molecular formula is C20H28N2O3S. The molecular weight excluding hydrogens is 348 g/mol. The number of amides is 2. The largest absolute Gasteiger partial charge is 0.383 e. The highest BCUT2D eigenvalue weighted by Crippen LogP contribution is 2.41. The van der Waals surface area contributed by atoms with Crippen LogP contribution in [0.2, 0.25) is 0 Å². The van der Waals surface area contributed by atoms with Gasteiger partial charge in [-0.25, -0.2) is 0 Å². The Morgan fingerprint density at radius 2 is 1.92 bits per heavy atom. The highest BCUT2D eigenvalue weighted by atomic mass is 32.2. The average Bonchev–Trinajstić information content (AvgIpc) is 3.14. The van der Waals surface area contributed by atoms with Crippen molar-refractivity contribution in [3.63, 3.8) is 0 Å². The van der Waals surface area contributed by atoms with Crippen molar-refractivity contribution in [1.29, 1.82) is 0 Å². The molecule has 1 aliphatic heterocycles. The van der Waals surface area contributed by atoms with Gasteiger partial charge >= 0.3 is 0 Å². The van der Waals surface area contributed by atoms with Crippen LogP contribution in [0.15, 0.2) is 30.3 Å². The quantitative estimate of drug-likeness (QED) is 0.776. The Morgan fingerprint density at radius 1 is 1.19 bits per heavy atom. The molecule has 1 saturated carbocycles. The van der Waals surface area contributed by atoms with Gasteiger partial charge in [-0.1, -0.05) is 37.5 Å². The molecule has 0 bridgehead atoms. The number of nitrogens with one attached hydrogen (secondary N) is 1. The van der Waals surface area contributed by atoms with Crippen LogP contribution in [0.5, 0.6) is 0 Å². The van der Waals surface area contributed by atoms with E-state index >= 15 is 0 Å². The highest BCUT2D eigenvalue weighted by molar-refractivity contribution is 8.00. The standard InChI is InChI=1S/C20H28N2O3S/c1-25-13-12-21-18(23)17-14-26-20(16-10-6-3-7-11-16)22(17)19(24)15-8-4-2-5-9-15/h2,4-5,8-9,16-17,20H,3,6-7,10-14H2,1H3,(H,21,23)/t17-,20+/m1/s1. The number of benzene rings is 1. The maximum atomic E-state index is 13.3. The van der Waals surface area contributed by atoms with Crippen molar-refractivity contribution < 1.29 is 14.3 Å². The van der Waals surface area contributed by atoms with E-state index in [0.717, 1.165) is 12.8 Å². The summed E-state index contributed by atoms with van der Waals surface area (Å²) in [6, 6.07) is 8.92. The van der Waals surface area contributed by atoms with Gasteiger partial charge in [-0.3, -0.25) is 9.59 Å². The molecule has 1 saturated heterocycles. The number of nitrogens with zero attached hydrogens (tertiary/aromatic N) is 1. The number of methoxy groups -OCH3 is 1. The third kappa shape index (κ3) is 4.41. The predicted octanol–water partition coefficient (Wildman–Crippen LogP) is 2.91. The van der Waals surface area contributed by atoms with Crippen molar-refractivity contribution in [3.05, 3.63) is 35.9 Å². The lowest BCUT2D eigenvalue weighted by atomic mass is 9.88. The third-order valence-corrected chi connectivity index (χ3v) is 6.71. The van der Waals surface area contributed by atoms with Crippen LogP contribution in [0.3, 0.4) is 0 Å². The second kappa shape index (κ2) is 9.42. The van der Waals surface area contributed by atoms with Crippen LogP contribution in [0.4, 0.5) is 0 Å². The highest BCUT2D eigenvalue weighted by Gasteiger charge is 2.44. The van der Waals surface area contributed by atoms with Crippen molar-refractivity contribution in [3.8, 4) is 0 Å². The van der Waals surface area contributed by atoms with Gasteiger partial charge in [0, 0.05) is 25.0 Å². The second-order valence-electron chi connectivity index (χ2n) is 7.00. The molecule has 1 heterocycles. The Labute approximate surface area is 159 Å². The number of thioether (sulfide) groups is 1. The van der Waals surface area contributed by atoms with Gasteiger partial charge in [0.25, 0.3) is 5.91 Å². The van der Waals surface area contributed by atoms with Gasteiger partial charge in [0.05, 0.1) is 12.0 Å². The summed E-state index contributed by atoms with van der Waals surface area (Å²) in [5.74, 6) is 1.05. The maximum absolute atomic E-state index is 13.3. The van der Waals surface area contributed by atoms with Crippen LogP contribution in [0.1, 0.15) is 42.5 Å². The van der Waals surface area contributed by atoms with E-state index in [0.29, 0.717) is 30.4 Å². The first-order valence-electron chi connectivity index (χ1n) is 9.48. The summed E-state index contributed by atoms with van der Waals surface area (Å²) in [5, 5.41) is 3.01. The van der Waals surface area contributed by atoms with Gasteiger partial charge < -0.3 is 15.0 Å². The molecule has 1 aromatic rings. The van der Waals surface area contributed by atoms with Crippen molar-refractivity contribution in [1.82, 2.24) is 10.2 Å². The maximum Gasteiger partial charge on any atom is 0.255 e. The molecule has 0 unspecified atom stereocenters. The SMILES string of the molecule is COCCNC(=O)[C@H]1CS[C@@H](C2CCCCC2)N1C(=O)c1ccccc1.